The van der Waals surface area contributed by atoms with Gasteiger partial charge in [0.25, 0.3) is 0 Å². The average Bonchev–Trinajstić information content (AvgIpc) is 3.17. The smallest absolute Gasteiger partial charge is 0.323 e. The Balaban J connectivity index is 1.36. The first-order valence-corrected chi connectivity index (χ1v) is 21.5. The number of amides is 2. The van der Waals surface area contributed by atoms with E-state index in [2.05, 4.69) is 20.3 Å². The van der Waals surface area contributed by atoms with Crippen LogP contribution < -0.4 is 29.6 Å². The first-order valence-electron chi connectivity index (χ1n) is 18.0. The Morgan fingerprint density at radius 3 is 2.03 bits per heavy atom. The molecular weight excluding hydrogens is 789 g/mol. The molecule has 0 aliphatic heterocycles. The van der Waals surface area contributed by atoms with Crippen molar-refractivity contribution in [2.24, 2.45) is 5.41 Å². The summed E-state index contributed by atoms with van der Waals surface area (Å²) in [6.45, 7) is 3.72. The molecule has 0 aliphatic carbocycles. The summed E-state index contributed by atoms with van der Waals surface area (Å²) < 4.78 is 70.6. The van der Waals surface area contributed by atoms with Gasteiger partial charge in [0.2, 0.25) is 10.0 Å². The number of anilines is 3. The molecule has 0 spiro atoms. The summed E-state index contributed by atoms with van der Waals surface area (Å²) in [7, 11) is -5.03. The first kappa shape index (κ1) is 43.7. The van der Waals surface area contributed by atoms with Crippen molar-refractivity contribution >= 4 is 53.7 Å². The number of nitrogens with zero attached hydrogens (tertiary/aromatic N) is 1. The van der Waals surface area contributed by atoms with Gasteiger partial charge in [-0.25, -0.2) is 21.6 Å². The Hall–Kier alpha value is -5.46. The van der Waals surface area contributed by atoms with E-state index in [0.29, 0.717) is 39.2 Å². The summed E-state index contributed by atoms with van der Waals surface area (Å²) in [5.41, 5.74) is 0.967. The number of nitrogens with one attached hydrogen (secondary N) is 3. The van der Waals surface area contributed by atoms with Gasteiger partial charge in [-0.05, 0) is 59.0 Å². The molecule has 1 aromatic heterocycles. The fourth-order valence-electron chi connectivity index (χ4n) is 6.19. The van der Waals surface area contributed by atoms with Gasteiger partial charge >= 0.3 is 6.03 Å². The second-order valence-electron chi connectivity index (χ2n) is 14.9. The van der Waals surface area contributed by atoms with Crippen LogP contribution in [-0.4, -0.2) is 89.2 Å². The van der Waals surface area contributed by atoms with Gasteiger partial charge in [-0.2, -0.15) is 0 Å². The van der Waals surface area contributed by atoms with E-state index < -0.39 is 62.3 Å². The molecule has 0 saturated heterocycles. The summed E-state index contributed by atoms with van der Waals surface area (Å²) in [5.74, 6) is 0.487. The molecule has 6 N–H and O–H groups in total. The van der Waals surface area contributed by atoms with Crippen molar-refractivity contribution < 1.29 is 51.2 Å². The maximum atomic E-state index is 13.5. The molecule has 2 amide bonds. The molecule has 5 rings (SSSR count). The number of hydrogen-bond acceptors (Lipinski definition) is 12. The molecule has 0 aliphatic rings. The molecule has 0 fully saturated rings. The Morgan fingerprint density at radius 1 is 0.759 bits per heavy atom. The van der Waals surface area contributed by atoms with Crippen LogP contribution in [0.4, 0.5) is 21.9 Å². The van der Waals surface area contributed by atoms with Crippen LogP contribution in [0, 0.1) is 5.41 Å². The third kappa shape index (κ3) is 10.3. The number of pyridine rings is 1. The zero-order valence-electron chi connectivity index (χ0n) is 33.0. The quantitative estimate of drug-likeness (QED) is 0.0706. The van der Waals surface area contributed by atoms with Crippen LogP contribution in [0.25, 0.3) is 10.8 Å². The summed E-state index contributed by atoms with van der Waals surface area (Å²) in [5, 5.41) is 36.1. The van der Waals surface area contributed by atoms with E-state index in [0.717, 1.165) is 11.8 Å². The number of fused-ring (bicyclic) bond motifs is 1. The van der Waals surface area contributed by atoms with Crippen LogP contribution >= 0.6 is 0 Å². The van der Waals surface area contributed by atoms with Crippen molar-refractivity contribution in [1.82, 2.24) is 4.98 Å². The van der Waals surface area contributed by atoms with Gasteiger partial charge in [0.1, 0.15) is 22.1 Å². The lowest BCUT2D eigenvalue weighted by atomic mass is 9.86. The largest absolute Gasteiger partial charge is 0.495 e. The number of methoxy groups -OCH3 is 2. The number of aliphatic hydroxyl groups is 3. The zero-order valence-corrected chi connectivity index (χ0v) is 34.6. The van der Waals surface area contributed by atoms with Gasteiger partial charge in [-0.15, -0.1) is 0 Å². The molecule has 4 aromatic carbocycles. The highest BCUT2D eigenvalue weighted by Gasteiger charge is 2.36. The van der Waals surface area contributed by atoms with Gasteiger partial charge in [0, 0.05) is 35.2 Å². The number of sulfone groups is 1. The number of urea groups is 1. The number of rotatable bonds is 16. The van der Waals surface area contributed by atoms with Crippen LogP contribution in [0.5, 0.6) is 23.0 Å². The molecule has 0 unspecified atom stereocenters. The Morgan fingerprint density at radius 2 is 1.41 bits per heavy atom. The summed E-state index contributed by atoms with van der Waals surface area (Å²) in [6, 6.07) is 21.6. The highest BCUT2D eigenvalue weighted by Crippen LogP contribution is 2.40. The van der Waals surface area contributed by atoms with Crippen LogP contribution in [0.1, 0.15) is 37.6 Å². The van der Waals surface area contributed by atoms with Crippen LogP contribution in [-0.2, 0) is 31.7 Å². The minimum absolute atomic E-state index is 0.0627. The molecular formula is C41H48N4O11S2. The predicted octanol–water partition coefficient (Wildman–Crippen LogP) is 5.69. The molecule has 0 atom stereocenters. The molecule has 310 valence electrons. The lowest BCUT2D eigenvalue weighted by Crippen LogP contribution is -2.40. The predicted molar refractivity (Wildman–Crippen MR) is 223 cm³/mol. The second kappa shape index (κ2) is 17.6. The first-order chi connectivity index (χ1) is 27.3. The highest BCUT2D eigenvalue weighted by atomic mass is 32.2. The van der Waals surface area contributed by atoms with Crippen LogP contribution in [0.2, 0.25) is 0 Å². The van der Waals surface area contributed by atoms with Gasteiger partial charge in [0.15, 0.2) is 15.6 Å². The number of aromatic nitrogens is 1. The number of hydrogen-bond donors (Lipinski definition) is 6. The molecule has 17 heteroatoms. The lowest BCUT2D eigenvalue weighted by Gasteiger charge is -2.27. The number of benzene rings is 4. The van der Waals surface area contributed by atoms with E-state index in [-0.39, 0.29) is 34.2 Å². The van der Waals surface area contributed by atoms with Gasteiger partial charge < -0.3 is 40.2 Å². The number of ether oxygens (including phenoxy) is 3. The molecule has 0 radical (unpaired) electrons. The fraction of sp³-hybridized carbons (Fsp3) is 0.317. The zero-order chi connectivity index (χ0) is 42.5. The van der Waals surface area contributed by atoms with E-state index in [4.69, 9.17) is 14.2 Å². The van der Waals surface area contributed by atoms with Crippen molar-refractivity contribution in [3.63, 3.8) is 0 Å². The van der Waals surface area contributed by atoms with Crippen LogP contribution in [0.15, 0.2) is 90.0 Å². The Kier molecular flexibility index (Phi) is 13.2. The standard InChI is InChI=1S/C41H48N4O11S2/c1-40(2,3)27-19-33(38(55-5)34(20-27)45-57(6,50)51)44-39(49)43-32-12-13-35(31-10-8-7-9-30(31)32)56-29-15-16-42-28(21-29)17-26-11-14-37(36(18-26)54-4)58(52,53)25-41(22-46,23-47)24-48/h7-16,18-21,45-48H,17,22-25H2,1-6H3,(H2,43,44,49). The Bertz CT molecular complexity index is 2510. The van der Waals surface area contributed by atoms with Gasteiger partial charge in [-0.1, -0.05) is 51.1 Å². The molecule has 15 nitrogen and oxygen atoms in total. The maximum absolute atomic E-state index is 13.5. The van der Waals surface area contributed by atoms with E-state index in [1.54, 1.807) is 54.7 Å². The van der Waals surface area contributed by atoms with Gasteiger partial charge in [-0.3, -0.25) is 9.71 Å². The normalized spacial score (nSPS) is 12.2. The van der Waals surface area contributed by atoms with Crippen molar-refractivity contribution in [2.45, 2.75) is 37.5 Å². The average molecular weight is 837 g/mol. The fourth-order valence-corrected chi connectivity index (χ4v) is 8.71. The van der Waals surface area contributed by atoms with E-state index in [1.165, 1.54) is 20.3 Å². The molecule has 1 heterocycles. The third-order valence-corrected chi connectivity index (χ3v) is 11.9. The topological polar surface area (TPSA) is 223 Å². The summed E-state index contributed by atoms with van der Waals surface area (Å²) >= 11 is 0. The molecule has 58 heavy (non-hydrogen) atoms. The minimum atomic E-state index is -4.08. The van der Waals surface area contributed by atoms with Crippen molar-refractivity contribution in [3.8, 4) is 23.0 Å². The summed E-state index contributed by atoms with van der Waals surface area (Å²) in [4.78, 5) is 17.8. The minimum Gasteiger partial charge on any atom is -0.495 e. The van der Waals surface area contributed by atoms with E-state index in [1.807, 2.05) is 45.0 Å². The third-order valence-electron chi connectivity index (χ3n) is 9.30. The number of aliphatic hydroxyl groups excluding tert-OH is 3. The van der Waals surface area contributed by atoms with Crippen molar-refractivity contribution in [2.75, 3.05) is 61.4 Å². The number of carbonyl (C=O) groups is 1. The van der Waals surface area contributed by atoms with Gasteiger partial charge in [0.05, 0.1) is 68.5 Å². The highest BCUT2D eigenvalue weighted by molar-refractivity contribution is 7.92. The number of carbonyl (C=O) groups excluding carboxylic acids is 1. The molecule has 5 aromatic rings. The second-order valence-corrected chi connectivity index (χ2v) is 18.7. The van der Waals surface area contributed by atoms with E-state index >= 15 is 0 Å². The SMILES string of the molecule is COc1cc(Cc2cc(Oc3ccc(NC(=O)Nc4cc(C(C)(C)C)cc(NS(C)(=O)=O)c4OC)c4ccccc34)ccn2)ccc1S(=O)(=O)CC(CO)(CO)CO. The maximum Gasteiger partial charge on any atom is 0.323 e. The van der Waals surface area contributed by atoms with Crippen LogP contribution in [0.3, 0.4) is 0 Å². The number of sulfonamides is 1. The molecule has 0 saturated carbocycles. The summed E-state index contributed by atoms with van der Waals surface area (Å²) in [6.07, 6.45) is 2.91. The lowest BCUT2D eigenvalue weighted by molar-refractivity contribution is 0.0224. The Labute approximate surface area is 338 Å². The molecule has 0 bridgehead atoms. The monoisotopic (exact) mass is 836 g/mol. The van der Waals surface area contributed by atoms with Crippen molar-refractivity contribution in [3.05, 3.63) is 102 Å². The van der Waals surface area contributed by atoms with E-state index in [9.17, 15) is 36.9 Å². The van der Waals surface area contributed by atoms with Crippen molar-refractivity contribution in [1.29, 1.82) is 0 Å².